The van der Waals surface area contributed by atoms with Gasteiger partial charge < -0.3 is 0 Å². The SMILES string of the molecule is CC1=NS[N]S1. The quantitative estimate of drug-likeness (QED) is 0.448. The zero-order valence-corrected chi connectivity index (χ0v) is 4.84. The van der Waals surface area contributed by atoms with Crippen LogP contribution in [0.5, 0.6) is 0 Å². The summed E-state index contributed by atoms with van der Waals surface area (Å²) in [6.07, 6.45) is 0. The second kappa shape index (κ2) is 1.86. The molecule has 1 radical (unpaired) electrons. The van der Waals surface area contributed by atoms with Crippen LogP contribution in [-0.2, 0) is 0 Å². The summed E-state index contributed by atoms with van der Waals surface area (Å²) in [7, 11) is 0. The molecule has 0 atom stereocenters. The van der Waals surface area contributed by atoms with Crippen LogP contribution < -0.4 is 4.13 Å². The highest BCUT2D eigenvalue weighted by Crippen LogP contribution is 2.18. The molecule has 0 fully saturated rings. The molecule has 2 nitrogen and oxygen atoms in total. The fraction of sp³-hybridized carbons (Fsp3) is 0.500. The third kappa shape index (κ3) is 0.894. The summed E-state index contributed by atoms with van der Waals surface area (Å²) in [6, 6.07) is 0. The van der Waals surface area contributed by atoms with E-state index in [9.17, 15) is 0 Å². The molecule has 0 saturated carbocycles. The van der Waals surface area contributed by atoms with Crippen LogP contribution in [0, 0.1) is 0 Å². The third-order valence-corrected chi connectivity index (χ3v) is 1.76. The van der Waals surface area contributed by atoms with E-state index < -0.39 is 0 Å². The summed E-state index contributed by atoms with van der Waals surface area (Å²) < 4.78 is 7.66. The average molecular weight is 119 g/mol. The molecule has 0 unspecified atom stereocenters. The number of rotatable bonds is 0. The van der Waals surface area contributed by atoms with Gasteiger partial charge in [0.1, 0.15) is 0 Å². The van der Waals surface area contributed by atoms with Crippen molar-refractivity contribution in [2.45, 2.75) is 6.92 Å². The molecular weight excluding hydrogens is 116 g/mol. The van der Waals surface area contributed by atoms with Gasteiger partial charge in [0.05, 0.1) is 17.2 Å². The lowest BCUT2D eigenvalue weighted by Crippen LogP contribution is -1.73. The molecule has 0 aromatic rings. The van der Waals surface area contributed by atoms with E-state index in [-0.39, 0.29) is 0 Å². The van der Waals surface area contributed by atoms with Crippen LogP contribution >= 0.6 is 24.1 Å². The van der Waals surface area contributed by atoms with Gasteiger partial charge in [-0.2, -0.15) is 4.40 Å². The van der Waals surface area contributed by atoms with E-state index in [1.165, 1.54) is 24.1 Å². The summed E-state index contributed by atoms with van der Waals surface area (Å²) in [5, 5.41) is 1.04. The van der Waals surface area contributed by atoms with Crippen LogP contribution in [-0.4, -0.2) is 5.04 Å². The van der Waals surface area contributed by atoms with Gasteiger partial charge in [-0.05, 0) is 6.92 Å². The largest absolute Gasteiger partial charge is 0.195 e. The van der Waals surface area contributed by atoms with Crippen molar-refractivity contribution in [3.63, 3.8) is 0 Å². The Morgan fingerprint density at radius 3 is 2.67 bits per heavy atom. The van der Waals surface area contributed by atoms with Crippen molar-refractivity contribution in [2.75, 3.05) is 0 Å². The molecule has 0 saturated heterocycles. The highest BCUT2D eigenvalue weighted by atomic mass is 32.2. The van der Waals surface area contributed by atoms with Crippen molar-refractivity contribution in [1.82, 2.24) is 4.13 Å². The van der Waals surface area contributed by atoms with Gasteiger partial charge in [-0.3, -0.25) is 0 Å². The third-order valence-electron chi connectivity index (χ3n) is 0.372. The zero-order valence-electron chi connectivity index (χ0n) is 3.21. The van der Waals surface area contributed by atoms with Crippen molar-refractivity contribution in [3.05, 3.63) is 0 Å². The fourth-order valence-corrected chi connectivity index (χ4v) is 1.21. The number of hydrogen-bond acceptors (Lipinski definition) is 3. The van der Waals surface area contributed by atoms with Gasteiger partial charge in [0.15, 0.2) is 0 Å². The molecule has 0 aromatic heterocycles. The summed E-state index contributed by atoms with van der Waals surface area (Å²) in [6.45, 7) is 1.94. The highest BCUT2D eigenvalue weighted by Gasteiger charge is 2.00. The zero-order chi connectivity index (χ0) is 4.41. The summed E-state index contributed by atoms with van der Waals surface area (Å²) in [5.41, 5.74) is 0. The van der Waals surface area contributed by atoms with Crippen LogP contribution in [0.25, 0.3) is 0 Å². The predicted molar refractivity (Wildman–Crippen MR) is 30.4 cm³/mol. The normalized spacial score (nSPS) is 21.2. The maximum atomic E-state index is 3.87. The predicted octanol–water partition coefficient (Wildman–Crippen LogP) is 1.23. The molecule has 33 valence electrons. The van der Waals surface area contributed by atoms with Crippen molar-refractivity contribution in [3.8, 4) is 0 Å². The second-order valence-corrected chi connectivity index (χ2v) is 2.57. The Kier molecular flexibility index (Phi) is 1.39. The van der Waals surface area contributed by atoms with Crippen molar-refractivity contribution < 1.29 is 0 Å². The lowest BCUT2D eigenvalue weighted by Gasteiger charge is -1.73. The Morgan fingerprint density at radius 1 is 1.67 bits per heavy atom. The van der Waals surface area contributed by atoms with Gasteiger partial charge >= 0.3 is 0 Å². The molecule has 1 rings (SSSR count). The lowest BCUT2D eigenvalue weighted by molar-refractivity contribution is 1.73. The van der Waals surface area contributed by atoms with Crippen molar-refractivity contribution in [1.29, 1.82) is 0 Å². The van der Waals surface area contributed by atoms with Crippen LogP contribution in [0.2, 0.25) is 0 Å². The summed E-state index contributed by atoms with van der Waals surface area (Å²) >= 11 is 2.69. The Bertz CT molecular complexity index is 79.6. The van der Waals surface area contributed by atoms with E-state index in [4.69, 9.17) is 0 Å². The lowest BCUT2D eigenvalue weighted by atomic mass is 10.9. The Balaban J connectivity index is 2.45. The van der Waals surface area contributed by atoms with Gasteiger partial charge in [-0.1, -0.05) is 4.13 Å². The van der Waals surface area contributed by atoms with Crippen LogP contribution in [0.1, 0.15) is 6.92 Å². The molecule has 0 bridgehead atoms. The molecule has 4 heteroatoms. The molecule has 0 aliphatic carbocycles. The first-order valence-corrected chi connectivity index (χ1v) is 2.98. The maximum absolute atomic E-state index is 3.87. The van der Waals surface area contributed by atoms with E-state index in [0.717, 1.165) is 5.04 Å². The van der Waals surface area contributed by atoms with Crippen LogP contribution in [0.15, 0.2) is 4.40 Å². The molecule has 6 heavy (non-hydrogen) atoms. The standard InChI is InChI=1S/C2H3N2S2/c1-2-3-6-4-5-2/h1H3. The molecule has 0 aromatic carbocycles. The fourth-order valence-electron chi connectivity index (χ4n) is 0.161. The molecule has 0 spiro atoms. The minimum absolute atomic E-state index is 1.04. The monoisotopic (exact) mass is 119 g/mol. The minimum atomic E-state index is 1.04. The average Bonchev–Trinajstić information content (AvgIpc) is 1.86. The van der Waals surface area contributed by atoms with Gasteiger partial charge in [0.25, 0.3) is 0 Å². The van der Waals surface area contributed by atoms with E-state index in [1.54, 1.807) is 0 Å². The summed E-state index contributed by atoms with van der Waals surface area (Å²) in [4.78, 5) is 0. The van der Waals surface area contributed by atoms with Gasteiger partial charge in [-0.15, -0.1) is 0 Å². The molecule has 1 aliphatic heterocycles. The molecule has 0 N–H and O–H groups in total. The number of hydrogen-bond donors (Lipinski definition) is 0. The first-order valence-electron chi connectivity index (χ1n) is 1.48. The van der Waals surface area contributed by atoms with E-state index in [2.05, 4.69) is 8.53 Å². The van der Waals surface area contributed by atoms with E-state index in [0.29, 0.717) is 0 Å². The van der Waals surface area contributed by atoms with Crippen LogP contribution in [0.3, 0.4) is 0 Å². The van der Waals surface area contributed by atoms with E-state index in [1.807, 2.05) is 6.92 Å². The van der Waals surface area contributed by atoms with Crippen molar-refractivity contribution in [2.24, 2.45) is 4.40 Å². The first-order chi connectivity index (χ1) is 2.89. The van der Waals surface area contributed by atoms with Gasteiger partial charge in [-0.25, -0.2) is 0 Å². The van der Waals surface area contributed by atoms with Crippen molar-refractivity contribution >= 4 is 29.1 Å². The Labute approximate surface area is 45.2 Å². The molecule has 0 amide bonds. The minimum Gasteiger partial charge on any atom is -0.195 e. The number of nitrogens with zero attached hydrogens (tertiary/aromatic N) is 2. The topological polar surface area (TPSA) is 26.5 Å². The maximum Gasteiger partial charge on any atom is 0.0975 e. The van der Waals surface area contributed by atoms with E-state index >= 15 is 0 Å². The van der Waals surface area contributed by atoms with Gasteiger partial charge in [0.2, 0.25) is 0 Å². The van der Waals surface area contributed by atoms with Gasteiger partial charge in [0, 0.05) is 11.9 Å². The molecule has 1 aliphatic rings. The smallest absolute Gasteiger partial charge is 0.0975 e. The first kappa shape index (κ1) is 4.49. The summed E-state index contributed by atoms with van der Waals surface area (Å²) in [5.74, 6) is 0. The molecule has 1 heterocycles. The Morgan fingerprint density at radius 2 is 2.50 bits per heavy atom. The molecular formula is C2H3N2S2. The highest BCUT2D eigenvalue weighted by molar-refractivity contribution is 8.23. The van der Waals surface area contributed by atoms with Crippen LogP contribution in [0.4, 0.5) is 0 Å². The second-order valence-electron chi connectivity index (χ2n) is 0.858. The Hall–Kier alpha value is 0.330.